The van der Waals surface area contributed by atoms with Crippen molar-refractivity contribution in [1.29, 1.82) is 0 Å². The van der Waals surface area contributed by atoms with Gasteiger partial charge in [0.05, 0.1) is 18.4 Å². The average Bonchev–Trinajstić information content (AvgIpc) is 3.32. The number of ether oxygens (including phenoxy) is 1. The Labute approximate surface area is 212 Å². The lowest BCUT2D eigenvalue weighted by Crippen LogP contribution is -2.07. The molecule has 0 amide bonds. The standard InChI is InChI=1S/C26H24N8OS/c1-17-12-14-19(15-13-17)34-23(20-10-6-7-11-21(20)35-2)32-33-26(34)36-16-22-29-24(27)31-25(30-22)28-18-8-4-3-5-9-18/h3-15H,16H2,1-2H3,(H3,27,28,29,30,31). The van der Waals surface area contributed by atoms with Gasteiger partial charge in [-0.05, 0) is 43.3 Å². The maximum absolute atomic E-state index is 5.97. The van der Waals surface area contributed by atoms with Crippen molar-refractivity contribution in [2.75, 3.05) is 18.2 Å². The molecule has 0 fully saturated rings. The Morgan fingerprint density at radius 1 is 0.889 bits per heavy atom. The van der Waals surface area contributed by atoms with E-state index >= 15 is 0 Å². The number of aryl methyl sites for hydroxylation is 1. The Bertz CT molecular complexity index is 1470. The molecule has 3 aromatic carbocycles. The third-order valence-electron chi connectivity index (χ3n) is 5.33. The van der Waals surface area contributed by atoms with Gasteiger partial charge >= 0.3 is 0 Å². The number of rotatable bonds is 8. The molecule has 0 saturated heterocycles. The lowest BCUT2D eigenvalue weighted by Gasteiger charge is -2.13. The normalized spacial score (nSPS) is 10.8. The van der Waals surface area contributed by atoms with Crippen LogP contribution in [0.1, 0.15) is 11.4 Å². The molecule has 9 nitrogen and oxygen atoms in total. The van der Waals surface area contributed by atoms with Crippen molar-refractivity contribution in [1.82, 2.24) is 29.7 Å². The van der Waals surface area contributed by atoms with Crippen LogP contribution in [0, 0.1) is 6.92 Å². The van der Waals surface area contributed by atoms with Crippen molar-refractivity contribution in [3.8, 4) is 22.8 Å². The highest BCUT2D eigenvalue weighted by atomic mass is 32.2. The molecule has 3 N–H and O–H groups in total. The Morgan fingerprint density at radius 2 is 1.64 bits per heavy atom. The van der Waals surface area contributed by atoms with Crippen molar-refractivity contribution >= 4 is 29.3 Å². The van der Waals surface area contributed by atoms with Crippen LogP contribution in [0.3, 0.4) is 0 Å². The van der Waals surface area contributed by atoms with Crippen LogP contribution in [-0.2, 0) is 5.75 Å². The fourth-order valence-corrected chi connectivity index (χ4v) is 4.44. The summed E-state index contributed by atoms with van der Waals surface area (Å²) >= 11 is 1.46. The largest absolute Gasteiger partial charge is 0.496 e. The number of nitrogens with one attached hydrogen (secondary N) is 1. The van der Waals surface area contributed by atoms with Gasteiger partial charge in [0, 0.05) is 11.4 Å². The van der Waals surface area contributed by atoms with Gasteiger partial charge in [-0.1, -0.05) is 59.8 Å². The van der Waals surface area contributed by atoms with Crippen LogP contribution in [0.5, 0.6) is 5.75 Å². The maximum atomic E-state index is 5.97. The summed E-state index contributed by atoms with van der Waals surface area (Å²) in [7, 11) is 1.65. The molecule has 0 unspecified atom stereocenters. The van der Waals surface area contributed by atoms with Gasteiger partial charge in [0.1, 0.15) is 11.6 Å². The van der Waals surface area contributed by atoms with Crippen LogP contribution >= 0.6 is 11.8 Å². The fraction of sp³-hybridized carbons (Fsp3) is 0.115. The summed E-state index contributed by atoms with van der Waals surface area (Å²) in [6.45, 7) is 2.05. The lowest BCUT2D eigenvalue weighted by atomic mass is 10.1. The molecule has 10 heteroatoms. The fourth-order valence-electron chi connectivity index (χ4n) is 3.63. The van der Waals surface area contributed by atoms with E-state index in [2.05, 4.69) is 49.5 Å². The molecular formula is C26H24N8OS. The highest BCUT2D eigenvalue weighted by Gasteiger charge is 2.19. The first-order valence-electron chi connectivity index (χ1n) is 11.2. The summed E-state index contributed by atoms with van der Waals surface area (Å²) < 4.78 is 7.60. The Balaban J connectivity index is 1.47. The van der Waals surface area contributed by atoms with Gasteiger partial charge in [0.25, 0.3) is 0 Å². The molecule has 0 saturated carbocycles. The van der Waals surface area contributed by atoms with Gasteiger partial charge in [-0.2, -0.15) is 15.0 Å². The first-order valence-corrected chi connectivity index (χ1v) is 12.2. The van der Waals surface area contributed by atoms with Crippen LogP contribution in [0.15, 0.2) is 84.0 Å². The molecule has 180 valence electrons. The van der Waals surface area contributed by atoms with Gasteiger partial charge in [0.2, 0.25) is 11.9 Å². The minimum atomic E-state index is 0.147. The molecule has 5 aromatic rings. The van der Waals surface area contributed by atoms with Gasteiger partial charge in [0.15, 0.2) is 11.0 Å². The van der Waals surface area contributed by atoms with Crippen LogP contribution < -0.4 is 15.8 Å². The predicted octanol–water partition coefficient (Wildman–Crippen LogP) is 5.05. The minimum Gasteiger partial charge on any atom is -0.496 e. The number of hydrogen-bond acceptors (Lipinski definition) is 9. The first-order chi connectivity index (χ1) is 17.6. The second-order valence-corrected chi connectivity index (χ2v) is 8.83. The highest BCUT2D eigenvalue weighted by molar-refractivity contribution is 7.98. The molecule has 0 aliphatic rings. The van der Waals surface area contributed by atoms with E-state index in [1.807, 2.05) is 71.3 Å². The maximum Gasteiger partial charge on any atom is 0.232 e. The Hall–Kier alpha value is -4.44. The lowest BCUT2D eigenvalue weighted by molar-refractivity contribution is 0.416. The summed E-state index contributed by atoms with van der Waals surface area (Å²) in [6.07, 6.45) is 0. The van der Waals surface area contributed by atoms with Gasteiger partial charge in [-0.3, -0.25) is 4.57 Å². The summed E-state index contributed by atoms with van der Waals surface area (Å²) in [6, 6.07) is 25.6. The number of nitrogen functional groups attached to an aromatic ring is 1. The molecular weight excluding hydrogens is 472 g/mol. The summed E-state index contributed by atoms with van der Waals surface area (Å²) in [5.41, 5.74) is 9.79. The Morgan fingerprint density at radius 3 is 2.42 bits per heavy atom. The summed E-state index contributed by atoms with van der Waals surface area (Å²) in [5.74, 6) is 2.89. The van der Waals surface area contributed by atoms with Crippen molar-refractivity contribution in [3.63, 3.8) is 0 Å². The van der Waals surface area contributed by atoms with E-state index in [1.54, 1.807) is 7.11 Å². The molecule has 36 heavy (non-hydrogen) atoms. The number of benzene rings is 3. The predicted molar refractivity (Wildman–Crippen MR) is 142 cm³/mol. The zero-order valence-corrected chi connectivity index (χ0v) is 20.6. The molecule has 0 spiro atoms. The van der Waals surface area contributed by atoms with Gasteiger partial charge in [-0.15, -0.1) is 10.2 Å². The van der Waals surface area contributed by atoms with E-state index in [4.69, 9.17) is 10.5 Å². The molecule has 2 aromatic heterocycles. The van der Waals surface area contributed by atoms with Crippen LogP contribution in [0.25, 0.3) is 17.1 Å². The quantitative estimate of drug-likeness (QED) is 0.284. The van der Waals surface area contributed by atoms with Crippen molar-refractivity contribution in [2.45, 2.75) is 17.8 Å². The molecule has 0 atom stereocenters. The summed E-state index contributed by atoms with van der Waals surface area (Å²) in [4.78, 5) is 13.1. The minimum absolute atomic E-state index is 0.147. The Kier molecular flexibility index (Phi) is 6.76. The summed E-state index contributed by atoms with van der Waals surface area (Å²) in [5, 5.41) is 12.9. The van der Waals surface area contributed by atoms with E-state index in [0.29, 0.717) is 28.5 Å². The number of nitrogens with two attached hydrogens (primary N) is 1. The van der Waals surface area contributed by atoms with E-state index in [1.165, 1.54) is 17.3 Å². The second-order valence-electron chi connectivity index (χ2n) is 7.89. The molecule has 0 aliphatic heterocycles. The SMILES string of the molecule is COc1ccccc1-c1nnc(SCc2nc(N)nc(Nc3ccccc3)n2)n1-c1ccc(C)cc1. The zero-order chi connectivity index (χ0) is 24.9. The topological polar surface area (TPSA) is 117 Å². The van der Waals surface area contributed by atoms with E-state index in [-0.39, 0.29) is 5.95 Å². The average molecular weight is 497 g/mol. The van der Waals surface area contributed by atoms with Gasteiger partial charge < -0.3 is 15.8 Å². The number of hydrogen-bond donors (Lipinski definition) is 2. The monoisotopic (exact) mass is 496 g/mol. The number of aromatic nitrogens is 6. The van der Waals surface area contributed by atoms with Crippen LogP contribution in [0.2, 0.25) is 0 Å². The third kappa shape index (κ3) is 5.13. The van der Waals surface area contributed by atoms with Gasteiger partial charge in [-0.25, -0.2) is 0 Å². The van der Waals surface area contributed by atoms with Crippen molar-refractivity contribution < 1.29 is 4.74 Å². The van der Waals surface area contributed by atoms with Crippen LogP contribution in [-0.4, -0.2) is 36.8 Å². The number of nitrogens with zero attached hydrogens (tertiary/aromatic N) is 6. The number of methoxy groups -OCH3 is 1. The molecule has 2 heterocycles. The second kappa shape index (κ2) is 10.4. The first kappa shape index (κ1) is 23.3. The van der Waals surface area contributed by atoms with E-state index < -0.39 is 0 Å². The van der Waals surface area contributed by atoms with E-state index in [9.17, 15) is 0 Å². The molecule has 0 radical (unpaired) electrons. The smallest absolute Gasteiger partial charge is 0.232 e. The number of thioether (sulfide) groups is 1. The number of anilines is 3. The van der Waals surface area contributed by atoms with Crippen molar-refractivity contribution in [3.05, 3.63) is 90.3 Å². The molecule has 0 bridgehead atoms. The number of para-hydroxylation sites is 2. The van der Waals surface area contributed by atoms with E-state index in [0.717, 1.165) is 22.7 Å². The molecule has 0 aliphatic carbocycles. The van der Waals surface area contributed by atoms with Crippen molar-refractivity contribution in [2.24, 2.45) is 0 Å². The highest BCUT2D eigenvalue weighted by Crippen LogP contribution is 2.34. The molecule has 5 rings (SSSR count). The third-order valence-corrected chi connectivity index (χ3v) is 6.26. The zero-order valence-electron chi connectivity index (χ0n) is 19.8. The van der Waals surface area contributed by atoms with Crippen LogP contribution in [0.4, 0.5) is 17.6 Å².